The van der Waals surface area contributed by atoms with Crippen molar-refractivity contribution in [3.8, 4) is 5.75 Å². The molecule has 0 radical (unpaired) electrons. The minimum atomic E-state index is -0.251. The van der Waals surface area contributed by atoms with Gasteiger partial charge in [0.2, 0.25) is 0 Å². The molecule has 1 saturated heterocycles. The highest BCUT2D eigenvalue weighted by Crippen LogP contribution is 2.29. The molecule has 0 saturated carbocycles. The average Bonchev–Trinajstić information content (AvgIpc) is 2.39. The van der Waals surface area contributed by atoms with Gasteiger partial charge in [-0.2, -0.15) is 0 Å². The van der Waals surface area contributed by atoms with Gasteiger partial charge in [0, 0.05) is 38.8 Å². The van der Waals surface area contributed by atoms with Crippen LogP contribution < -0.4 is 15.0 Å². The first-order valence-electron chi connectivity index (χ1n) is 6.69. The minimum absolute atomic E-state index is 0. The first kappa shape index (κ1) is 16.7. The number of anilines is 1. The Morgan fingerprint density at radius 1 is 1.30 bits per heavy atom. The van der Waals surface area contributed by atoms with E-state index in [9.17, 15) is 4.39 Å². The number of hydrogen-bond donors (Lipinski definition) is 1. The van der Waals surface area contributed by atoms with E-state index in [0.29, 0.717) is 12.4 Å². The molecule has 1 aliphatic rings. The van der Waals surface area contributed by atoms with Crippen LogP contribution in [0.2, 0.25) is 0 Å². The molecular weight excluding hydrogens is 257 g/mol. The number of benzene rings is 1. The van der Waals surface area contributed by atoms with Crippen LogP contribution in [0.1, 0.15) is 7.43 Å². The van der Waals surface area contributed by atoms with Gasteiger partial charge in [0.05, 0.1) is 5.69 Å². The fraction of sp³-hybridized carbons (Fsp3) is 0.600. The van der Waals surface area contributed by atoms with E-state index in [-0.39, 0.29) is 13.2 Å². The van der Waals surface area contributed by atoms with Crippen LogP contribution in [-0.2, 0) is 0 Å². The van der Waals surface area contributed by atoms with Gasteiger partial charge in [-0.1, -0.05) is 7.43 Å². The van der Waals surface area contributed by atoms with Crippen LogP contribution in [0.5, 0.6) is 5.75 Å². The van der Waals surface area contributed by atoms with Gasteiger partial charge in [0.1, 0.15) is 18.2 Å². The molecule has 1 aliphatic heterocycles. The van der Waals surface area contributed by atoms with Crippen molar-refractivity contribution in [3.63, 3.8) is 0 Å². The van der Waals surface area contributed by atoms with Gasteiger partial charge < -0.3 is 19.9 Å². The topological polar surface area (TPSA) is 27.7 Å². The first-order valence-corrected chi connectivity index (χ1v) is 6.69. The third-order valence-electron chi connectivity index (χ3n) is 3.18. The summed E-state index contributed by atoms with van der Waals surface area (Å²) in [7, 11) is 3.98. The van der Waals surface area contributed by atoms with E-state index in [1.807, 2.05) is 25.1 Å². The monoisotopic (exact) mass is 283 g/mol. The van der Waals surface area contributed by atoms with Crippen LogP contribution >= 0.6 is 0 Å². The Morgan fingerprint density at radius 3 is 2.65 bits per heavy atom. The molecule has 2 rings (SSSR count). The van der Waals surface area contributed by atoms with Crippen molar-refractivity contribution >= 4 is 5.69 Å². The summed E-state index contributed by atoms with van der Waals surface area (Å²) >= 11 is 0. The standard InChI is InChI=1S/C14H22FN3O.CH4/c1-17(2)9-10-19-14-11-12(15)3-4-13(14)18-7-5-16-6-8-18;/h3-4,11,16H,5-10H2,1-2H3;1H4. The maximum atomic E-state index is 13.4. The molecule has 0 aromatic heterocycles. The number of rotatable bonds is 5. The average molecular weight is 283 g/mol. The van der Waals surface area contributed by atoms with E-state index >= 15 is 0 Å². The molecule has 0 aliphatic carbocycles. The van der Waals surface area contributed by atoms with E-state index in [4.69, 9.17) is 4.74 Å². The Kier molecular flexibility index (Phi) is 6.75. The van der Waals surface area contributed by atoms with Crippen molar-refractivity contribution in [1.82, 2.24) is 10.2 Å². The van der Waals surface area contributed by atoms with Crippen molar-refractivity contribution < 1.29 is 9.13 Å². The molecule has 1 heterocycles. The van der Waals surface area contributed by atoms with Crippen LogP contribution in [0.25, 0.3) is 0 Å². The summed E-state index contributed by atoms with van der Waals surface area (Å²) in [5.41, 5.74) is 0.988. The maximum absolute atomic E-state index is 13.4. The van der Waals surface area contributed by atoms with E-state index in [1.54, 1.807) is 0 Å². The van der Waals surface area contributed by atoms with Crippen LogP contribution in [0, 0.1) is 5.82 Å². The van der Waals surface area contributed by atoms with E-state index < -0.39 is 0 Å². The zero-order valence-corrected chi connectivity index (χ0v) is 11.7. The predicted molar refractivity (Wildman–Crippen MR) is 82.3 cm³/mol. The highest BCUT2D eigenvalue weighted by Gasteiger charge is 2.15. The Hall–Kier alpha value is -1.33. The molecule has 4 nitrogen and oxygen atoms in total. The molecule has 5 heteroatoms. The summed E-state index contributed by atoms with van der Waals surface area (Å²) in [4.78, 5) is 4.28. The third-order valence-corrected chi connectivity index (χ3v) is 3.18. The molecule has 20 heavy (non-hydrogen) atoms. The smallest absolute Gasteiger partial charge is 0.145 e. The van der Waals surface area contributed by atoms with E-state index in [1.165, 1.54) is 12.1 Å². The predicted octanol–water partition coefficient (Wildman–Crippen LogP) is 1.81. The van der Waals surface area contributed by atoms with Crippen LogP contribution in [0.15, 0.2) is 18.2 Å². The van der Waals surface area contributed by atoms with Crippen molar-refractivity contribution in [1.29, 1.82) is 0 Å². The number of halogens is 1. The van der Waals surface area contributed by atoms with Gasteiger partial charge in [-0.15, -0.1) is 0 Å². The fourth-order valence-electron chi connectivity index (χ4n) is 2.11. The second-order valence-electron chi connectivity index (χ2n) is 5.00. The molecule has 0 unspecified atom stereocenters. The summed E-state index contributed by atoms with van der Waals surface area (Å²) in [6, 6.07) is 4.79. The Labute approximate surface area is 121 Å². The number of nitrogens with one attached hydrogen (secondary N) is 1. The third kappa shape index (κ3) is 4.65. The van der Waals surface area contributed by atoms with Gasteiger partial charge in [-0.3, -0.25) is 0 Å². The number of ether oxygens (including phenoxy) is 1. The molecule has 0 atom stereocenters. The fourth-order valence-corrected chi connectivity index (χ4v) is 2.11. The molecule has 0 bridgehead atoms. The normalized spacial score (nSPS) is 15.1. The summed E-state index contributed by atoms with van der Waals surface area (Å²) < 4.78 is 19.1. The van der Waals surface area contributed by atoms with Gasteiger partial charge in [0.15, 0.2) is 0 Å². The highest BCUT2D eigenvalue weighted by atomic mass is 19.1. The largest absolute Gasteiger partial charge is 0.490 e. The van der Waals surface area contributed by atoms with Crippen LogP contribution in [0.4, 0.5) is 10.1 Å². The molecule has 1 aromatic rings. The quantitative estimate of drug-likeness (QED) is 0.892. The van der Waals surface area contributed by atoms with Gasteiger partial charge in [0.25, 0.3) is 0 Å². The highest BCUT2D eigenvalue weighted by molar-refractivity contribution is 5.59. The first-order chi connectivity index (χ1) is 9.16. The lowest BCUT2D eigenvalue weighted by atomic mass is 10.2. The lowest BCUT2D eigenvalue weighted by molar-refractivity contribution is 0.260. The minimum Gasteiger partial charge on any atom is -0.490 e. The lowest BCUT2D eigenvalue weighted by Crippen LogP contribution is -2.43. The molecule has 0 amide bonds. The van der Waals surface area contributed by atoms with Crippen LogP contribution in [0.3, 0.4) is 0 Å². The molecule has 114 valence electrons. The second kappa shape index (κ2) is 8.07. The second-order valence-corrected chi connectivity index (χ2v) is 5.00. The summed E-state index contributed by atoms with van der Waals surface area (Å²) in [5, 5.41) is 3.31. The number of likely N-dealkylation sites (N-methyl/N-ethyl adjacent to an activating group) is 1. The summed E-state index contributed by atoms with van der Waals surface area (Å²) in [5.74, 6) is 0.391. The van der Waals surface area contributed by atoms with Crippen LogP contribution in [-0.4, -0.2) is 58.3 Å². The van der Waals surface area contributed by atoms with Gasteiger partial charge in [-0.25, -0.2) is 4.39 Å². The summed E-state index contributed by atoms with van der Waals surface area (Å²) in [6.45, 7) is 5.14. The Balaban J connectivity index is 0.00000200. The molecule has 1 fully saturated rings. The van der Waals surface area contributed by atoms with Crippen molar-refractivity contribution in [2.45, 2.75) is 7.43 Å². The molecular formula is C15H26FN3O. The maximum Gasteiger partial charge on any atom is 0.145 e. The number of hydrogen-bond acceptors (Lipinski definition) is 4. The molecule has 0 spiro atoms. The van der Waals surface area contributed by atoms with Crippen molar-refractivity contribution in [2.75, 3.05) is 58.3 Å². The SMILES string of the molecule is C.CN(C)CCOc1cc(F)ccc1N1CCNCC1. The molecule has 1 aromatic carbocycles. The van der Waals surface area contributed by atoms with Crippen molar-refractivity contribution in [2.24, 2.45) is 0 Å². The van der Waals surface area contributed by atoms with E-state index in [0.717, 1.165) is 38.4 Å². The van der Waals surface area contributed by atoms with Gasteiger partial charge in [-0.05, 0) is 26.2 Å². The lowest BCUT2D eigenvalue weighted by Gasteiger charge is -2.30. The summed E-state index contributed by atoms with van der Waals surface area (Å²) in [6.07, 6.45) is 0. The van der Waals surface area contributed by atoms with Crippen molar-refractivity contribution in [3.05, 3.63) is 24.0 Å². The Morgan fingerprint density at radius 2 is 2.00 bits per heavy atom. The van der Waals surface area contributed by atoms with E-state index in [2.05, 4.69) is 10.2 Å². The number of piperazine rings is 1. The zero-order valence-electron chi connectivity index (χ0n) is 11.7. The van der Waals surface area contributed by atoms with Gasteiger partial charge >= 0.3 is 0 Å². The molecule has 1 N–H and O–H groups in total. The number of nitrogens with zero attached hydrogens (tertiary/aromatic N) is 2. The Bertz CT molecular complexity index is 406. The zero-order chi connectivity index (χ0) is 13.7.